The minimum absolute atomic E-state index is 0.114. The van der Waals surface area contributed by atoms with Crippen LogP contribution in [0.3, 0.4) is 0 Å². The van der Waals surface area contributed by atoms with Crippen LogP contribution < -0.4 is 0 Å². The van der Waals surface area contributed by atoms with Gasteiger partial charge < -0.3 is 14.2 Å². The van der Waals surface area contributed by atoms with Crippen LogP contribution in [-0.2, 0) is 28.6 Å². The van der Waals surface area contributed by atoms with E-state index >= 15 is 0 Å². The fourth-order valence-electron chi connectivity index (χ4n) is 7.63. The van der Waals surface area contributed by atoms with Crippen LogP contribution in [0.25, 0.3) is 0 Å². The molecule has 1 atom stereocenters. The monoisotopic (exact) mass is 1030 g/mol. The highest BCUT2D eigenvalue weighted by atomic mass is 16.6. The van der Waals surface area contributed by atoms with E-state index in [1.807, 2.05) is 0 Å². The lowest BCUT2D eigenvalue weighted by Crippen LogP contribution is -2.30. The predicted molar refractivity (Wildman–Crippen MR) is 325 cm³/mol. The van der Waals surface area contributed by atoms with E-state index in [0.29, 0.717) is 25.7 Å². The standard InChI is InChI=1S/C69H108O6/c1-4-7-10-13-16-19-22-25-28-30-32-33-34-35-37-38-41-44-47-50-53-56-59-62-68(71)74-65-66(64-73-67(70)61-58-55-52-49-46-43-40-27-24-21-18-15-12-9-6-3)75-69(72)63-60-57-54-51-48-45-42-39-36-31-29-26-23-20-17-14-11-8-5-2/h7-12,16-21,25-29,32-33,36,39-40,45-46,48-49,66H,4-6,13-15,22-24,30-31,34-35,37-38,41-44,47,50-65H2,1-3H3/b10-7-,11-8-,12-9-,19-16-,20-17-,21-18-,28-25-,29-26-,33-32-,39-36-,40-27-,48-45-,49-46-. The van der Waals surface area contributed by atoms with Gasteiger partial charge in [-0.25, -0.2) is 0 Å². The van der Waals surface area contributed by atoms with E-state index in [2.05, 4.69) is 179 Å². The lowest BCUT2D eigenvalue weighted by Gasteiger charge is -2.18. The third kappa shape index (κ3) is 59.8. The number of ether oxygens (including phenoxy) is 3. The summed E-state index contributed by atoms with van der Waals surface area (Å²) < 4.78 is 16.8. The Kier molecular flexibility index (Phi) is 57.5. The third-order valence-electron chi connectivity index (χ3n) is 12.0. The normalized spacial score (nSPS) is 13.3. The first kappa shape index (κ1) is 70.0. The number of allylic oxidation sites excluding steroid dienone is 26. The molecule has 0 aromatic rings. The molecular formula is C69H108O6. The van der Waals surface area contributed by atoms with E-state index in [0.717, 1.165) is 135 Å². The molecule has 0 radical (unpaired) electrons. The summed E-state index contributed by atoms with van der Waals surface area (Å²) in [6, 6.07) is 0. The predicted octanol–water partition coefficient (Wildman–Crippen LogP) is 20.5. The zero-order chi connectivity index (χ0) is 54.3. The van der Waals surface area contributed by atoms with Crippen LogP contribution in [0.4, 0.5) is 0 Å². The summed E-state index contributed by atoms with van der Waals surface area (Å²) in [5.74, 6) is -0.999. The zero-order valence-corrected chi connectivity index (χ0v) is 48.0. The van der Waals surface area contributed by atoms with Gasteiger partial charge in [-0.1, -0.05) is 237 Å². The van der Waals surface area contributed by atoms with Gasteiger partial charge in [0.1, 0.15) is 13.2 Å². The number of hydrogen-bond acceptors (Lipinski definition) is 6. The Morgan fingerprint density at radius 3 is 0.787 bits per heavy atom. The first-order chi connectivity index (χ1) is 37.0. The van der Waals surface area contributed by atoms with Gasteiger partial charge in [-0.3, -0.25) is 14.4 Å². The summed E-state index contributed by atoms with van der Waals surface area (Å²) >= 11 is 0. The van der Waals surface area contributed by atoms with Crippen molar-refractivity contribution >= 4 is 17.9 Å². The fraction of sp³-hybridized carbons (Fsp3) is 0.580. The zero-order valence-electron chi connectivity index (χ0n) is 48.0. The summed E-state index contributed by atoms with van der Waals surface area (Å²) in [4.78, 5) is 38.2. The van der Waals surface area contributed by atoms with Crippen molar-refractivity contribution in [2.45, 2.75) is 245 Å². The molecule has 0 rings (SSSR count). The molecule has 0 saturated carbocycles. The molecule has 1 unspecified atom stereocenters. The van der Waals surface area contributed by atoms with Crippen LogP contribution in [-0.4, -0.2) is 37.2 Å². The molecule has 75 heavy (non-hydrogen) atoms. The molecule has 0 bridgehead atoms. The van der Waals surface area contributed by atoms with Crippen LogP contribution in [0.5, 0.6) is 0 Å². The SMILES string of the molecule is CC/C=C\C/C=C\C/C=C\C/C=C\C/C=C\CCCCCC(=O)OC(COC(=O)CCCC/C=C\C/C=C\C/C=C\C/C=C\CC)COC(=O)CCCCCCCCCCCC/C=C\C/C=C\C/C=C\C/C=C\CC. The van der Waals surface area contributed by atoms with Crippen molar-refractivity contribution in [1.29, 1.82) is 0 Å². The first-order valence-corrected chi connectivity index (χ1v) is 30.0. The highest BCUT2D eigenvalue weighted by Crippen LogP contribution is 2.14. The highest BCUT2D eigenvalue weighted by molar-refractivity contribution is 5.71. The van der Waals surface area contributed by atoms with Gasteiger partial charge in [-0.2, -0.15) is 0 Å². The van der Waals surface area contributed by atoms with E-state index in [1.54, 1.807) is 0 Å². The lowest BCUT2D eigenvalue weighted by molar-refractivity contribution is -0.167. The van der Waals surface area contributed by atoms with Gasteiger partial charge >= 0.3 is 17.9 Å². The first-order valence-electron chi connectivity index (χ1n) is 30.0. The van der Waals surface area contributed by atoms with Gasteiger partial charge in [0.2, 0.25) is 0 Å². The topological polar surface area (TPSA) is 78.9 Å². The summed E-state index contributed by atoms with van der Waals surface area (Å²) in [6.07, 6.45) is 89.5. The van der Waals surface area contributed by atoms with E-state index < -0.39 is 6.10 Å². The smallest absolute Gasteiger partial charge is 0.306 e. The van der Waals surface area contributed by atoms with Gasteiger partial charge in [0, 0.05) is 19.3 Å². The molecule has 0 spiro atoms. The van der Waals surface area contributed by atoms with Crippen LogP contribution in [0, 0.1) is 0 Å². The molecule has 0 N–H and O–H groups in total. The minimum atomic E-state index is -0.823. The van der Waals surface area contributed by atoms with Crippen LogP contribution in [0.15, 0.2) is 158 Å². The van der Waals surface area contributed by atoms with Crippen LogP contribution in [0.2, 0.25) is 0 Å². The molecule has 0 amide bonds. The number of carbonyl (C=O) groups is 3. The Bertz CT molecular complexity index is 1710. The number of unbranched alkanes of at least 4 members (excludes halogenated alkanes) is 15. The van der Waals surface area contributed by atoms with Crippen LogP contribution in [0.1, 0.15) is 239 Å². The molecule has 0 aromatic carbocycles. The molecule has 0 aromatic heterocycles. The van der Waals surface area contributed by atoms with Crippen molar-refractivity contribution in [3.8, 4) is 0 Å². The van der Waals surface area contributed by atoms with Gasteiger partial charge in [0.05, 0.1) is 0 Å². The van der Waals surface area contributed by atoms with E-state index in [-0.39, 0.29) is 37.5 Å². The maximum atomic E-state index is 12.9. The molecule has 0 fully saturated rings. The number of rotatable bonds is 52. The Morgan fingerprint density at radius 2 is 0.480 bits per heavy atom. The highest BCUT2D eigenvalue weighted by Gasteiger charge is 2.19. The van der Waals surface area contributed by atoms with E-state index in [9.17, 15) is 14.4 Å². The van der Waals surface area contributed by atoms with Crippen molar-refractivity contribution < 1.29 is 28.6 Å². The molecule has 0 saturated heterocycles. The van der Waals surface area contributed by atoms with E-state index in [4.69, 9.17) is 14.2 Å². The molecule has 0 aliphatic carbocycles. The van der Waals surface area contributed by atoms with Gasteiger partial charge in [-0.05, 0) is 141 Å². The Hall–Kier alpha value is -4.97. The Labute approximate surface area is 460 Å². The van der Waals surface area contributed by atoms with Crippen molar-refractivity contribution in [2.24, 2.45) is 0 Å². The minimum Gasteiger partial charge on any atom is -0.462 e. The summed E-state index contributed by atoms with van der Waals surface area (Å²) in [5.41, 5.74) is 0. The quantitative estimate of drug-likeness (QED) is 0.0261. The number of esters is 3. The molecule has 0 aliphatic rings. The van der Waals surface area contributed by atoms with Crippen molar-refractivity contribution in [1.82, 2.24) is 0 Å². The molecular weight excluding hydrogens is 925 g/mol. The maximum absolute atomic E-state index is 12.9. The molecule has 0 aliphatic heterocycles. The van der Waals surface area contributed by atoms with Crippen molar-refractivity contribution in [2.75, 3.05) is 13.2 Å². The summed E-state index contributed by atoms with van der Waals surface area (Å²) in [7, 11) is 0. The van der Waals surface area contributed by atoms with Crippen molar-refractivity contribution in [3.63, 3.8) is 0 Å². The maximum Gasteiger partial charge on any atom is 0.306 e. The Morgan fingerprint density at radius 1 is 0.267 bits per heavy atom. The Balaban J connectivity index is 4.50. The second-order valence-corrected chi connectivity index (χ2v) is 19.1. The average molecular weight is 1030 g/mol. The third-order valence-corrected chi connectivity index (χ3v) is 12.0. The lowest BCUT2D eigenvalue weighted by atomic mass is 10.1. The van der Waals surface area contributed by atoms with Crippen molar-refractivity contribution in [3.05, 3.63) is 158 Å². The molecule has 6 nitrogen and oxygen atoms in total. The number of hydrogen-bond donors (Lipinski definition) is 0. The second-order valence-electron chi connectivity index (χ2n) is 19.1. The second kappa shape index (κ2) is 61.6. The van der Waals surface area contributed by atoms with E-state index in [1.165, 1.54) is 51.4 Å². The molecule has 420 valence electrons. The van der Waals surface area contributed by atoms with Gasteiger partial charge in [0.25, 0.3) is 0 Å². The van der Waals surface area contributed by atoms with Crippen LogP contribution >= 0.6 is 0 Å². The number of carbonyl (C=O) groups excluding carboxylic acids is 3. The van der Waals surface area contributed by atoms with Gasteiger partial charge in [0.15, 0.2) is 6.10 Å². The average Bonchev–Trinajstić information content (AvgIpc) is 3.41. The fourth-order valence-corrected chi connectivity index (χ4v) is 7.63. The molecule has 0 heterocycles. The summed E-state index contributed by atoms with van der Waals surface area (Å²) in [5, 5.41) is 0. The summed E-state index contributed by atoms with van der Waals surface area (Å²) in [6.45, 7) is 6.22. The van der Waals surface area contributed by atoms with Gasteiger partial charge in [-0.15, -0.1) is 0 Å². The molecule has 6 heteroatoms. The largest absolute Gasteiger partial charge is 0.462 e.